The van der Waals surface area contributed by atoms with Gasteiger partial charge in [-0.15, -0.1) is 0 Å². The normalized spacial score (nSPS) is 18.7. The number of rotatable bonds is 7. The molecule has 1 saturated carbocycles. The summed E-state index contributed by atoms with van der Waals surface area (Å²) >= 11 is 0.347. The molecule has 0 aromatic carbocycles. The van der Waals surface area contributed by atoms with E-state index in [2.05, 4.69) is 25.0 Å². The maximum absolute atomic E-state index is 13.6. The second-order valence-electron chi connectivity index (χ2n) is 9.59. The first-order valence-corrected chi connectivity index (χ1v) is 13.3. The highest BCUT2D eigenvalue weighted by molar-refractivity contribution is 7.16. The fourth-order valence-corrected chi connectivity index (χ4v) is 5.66. The summed E-state index contributed by atoms with van der Waals surface area (Å²) < 4.78 is 80.9. The zero-order valence-electron chi connectivity index (χ0n) is 20.9. The molecule has 2 fully saturated rings. The Hall–Kier alpha value is -3.34. The molecule has 0 spiro atoms. The van der Waals surface area contributed by atoms with Crippen molar-refractivity contribution in [2.24, 2.45) is 0 Å². The Morgan fingerprint density at radius 1 is 1.05 bits per heavy atom. The van der Waals surface area contributed by atoms with Crippen molar-refractivity contribution in [1.82, 2.24) is 34.6 Å². The molecule has 1 aliphatic heterocycles. The number of aliphatic hydroxyl groups is 1. The molecular formula is C23H24F6N8O2S. The first-order valence-electron chi connectivity index (χ1n) is 12.5. The van der Waals surface area contributed by atoms with Crippen LogP contribution in [0, 0.1) is 0 Å². The average Bonchev–Trinajstić information content (AvgIpc) is 3.50. The summed E-state index contributed by atoms with van der Waals surface area (Å²) in [4.78, 5) is 30.8. The van der Waals surface area contributed by atoms with Crippen molar-refractivity contribution in [3.05, 3.63) is 35.4 Å². The quantitative estimate of drug-likeness (QED) is 0.416. The van der Waals surface area contributed by atoms with Crippen molar-refractivity contribution in [2.75, 3.05) is 31.1 Å². The van der Waals surface area contributed by atoms with Crippen molar-refractivity contribution in [1.29, 1.82) is 0 Å². The van der Waals surface area contributed by atoms with Crippen LogP contribution < -0.4 is 4.90 Å². The van der Waals surface area contributed by atoms with Crippen LogP contribution in [0.3, 0.4) is 0 Å². The lowest BCUT2D eigenvalue weighted by atomic mass is 9.85. The van der Waals surface area contributed by atoms with Gasteiger partial charge in [-0.05, 0) is 19.3 Å². The third-order valence-corrected chi connectivity index (χ3v) is 8.07. The van der Waals surface area contributed by atoms with Crippen molar-refractivity contribution in [3.63, 3.8) is 0 Å². The van der Waals surface area contributed by atoms with E-state index in [9.17, 15) is 36.2 Å². The van der Waals surface area contributed by atoms with Crippen molar-refractivity contribution in [2.45, 2.75) is 56.5 Å². The van der Waals surface area contributed by atoms with Crippen LogP contribution in [-0.2, 0) is 23.7 Å². The molecule has 1 aliphatic carbocycles. The molecule has 10 nitrogen and oxygen atoms in total. The molecule has 3 aromatic rings. The number of hydrogen-bond acceptors (Lipinski definition) is 9. The van der Waals surface area contributed by atoms with Crippen LogP contribution in [0.5, 0.6) is 0 Å². The Bertz CT molecular complexity index is 1340. The van der Waals surface area contributed by atoms with E-state index in [1.165, 1.54) is 11.0 Å². The molecule has 4 heterocycles. The van der Waals surface area contributed by atoms with Gasteiger partial charge in [0.05, 0.1) is 6.04 Å². The van der Waals surface area contributed by atoms with Crippen molar-refractivity contribution in [3.8, 4) is 11.3 Å². The van der Waals surface area contributed by atoms with Gasteiger partial charge in [0, 0.05) is 50.1 Å². The van der Waals surface area contributed by atoms with Crippen LogP contribution in [0.4, 0.5) is 31.3 Å². The predicted molar refractivity (Wildman–Crippen MR) is 129 cm³/mol. The molecule has 1 unspecified atom stereocenters. The lowest BCUT2D eigenvalue weighted by Crippen LogP contribution is -2.56. The predicted octanol–water partition coefficient (Wildman–Crippen LogP) is 3.60. The molecule has 1 atom stereocenters. The van der Waals surface area contributed by atoms with E-state index in [-0.39, 0.29) is 61.4 Å². The van der Waals surface area contributed by atoms with Gasteiger partial charge in [-0.25, -0.2) is 24.6 Å². The van der Waals surface area contributed by atoms with Crippen LogP contribution in [0.1, 0.15) is 48.3 Å². The Morgan fingerprint density at radius 3 is 2.38 bits per heavy atom. The Labute approximate surface area is 227 Å². The number of carbonyl (C=O) groups excluding carboxylic acids is 1. The summed E-state index contributed by atoms with van der Waals surface area (Å²) in [6.45, 7) is -0.00468. The SMILES string of the molecule is O=C(Cn1cnc(C2CCC2)n1)N1CCN(c2sc(C(F)(F)F)nc2-c2cnc(C(F)(F)F)nc2)CC1CCO. The van der Waals surface area contributed by atoms with Gasteiger partial charge >= 0.3 is 12.4 Å². The van der Waals surface area contributed by atoms with Gasteiger partial charge in [0.25, 0.3) is 0 Å². The van der Waals surface area contributed by atoms with Crippen LogP contribution in [0.2, 0.25) is 0 Å². The molecule has 5 rings (SSSR count). The highest BCUT2D eigenvalue weighted by Crippen LogP contribution is 2.43. The molecule has 1 saturated heterocycles. The Morgan fingerprint density at radius 2 is 1.77 bits per heavy atom. The van der Waals surface area contributed by atoms with Gasteiger partial charge in [0.2, 0.25) is 16.7 Å². The van der Waals surface area contributed by atoms with Crippen molar-refractivity contribution >= 4 is 22.2 Å². The topological polar surface area (TPSA) is 113 Å². The number of aromatic nitrogens is 6. The Kier molecular flexibility index (Phi) is 7.69. The summed E-state index contributed by atoms with van der Waals surface area (Å²) in [5.74, 6) is -0.709. The van der Waals surface area contributed by atoms with Crippen LogP contribution in [0.25, 0.3) is 11.3 Å². The van der Waals surface area contributed by atoms with Gasteiger partial charge in [-0.2, -0.15) is 31.4 Å². The molecule has 3 aromatic heterocycles. The van der Waals surface area contributed by atoms with E-state index in [1.54, 1.807) is 9.80 Å². The first-order chi connectivity index (χ1) is 18.9. The van der Waals surface area contributed by atoms with Gasteiger partial charge in [0.15, 0.2) is 5.82 Å². The number of amides is 1. The van der Waals surface area contributed by atoms with Crippen LogP contribution in [-0.4, -0.2) is 77.9 Å². The molecule has 40 heavy (non-hydrogen) atoms. The van der Waals surface area contributed by atoms with Gasteiger partial charge in [0.1, 0.15) is 23.6 Å². The molecule has 17 heteroatoms. The minimum atomic E-state index is -4.81. The number of carbonyl (C=O) groups is 1. The number of halogens is 6. The fourth-order valence-electron chi connectivity index (χ4n) is 4.66. The van der Waals surface area contributed by atoms with E-state index in [0.717, 1.165) is 31.7 Å². The van der Waals surface area contributed by atoms with Gasteiger partial charge < -0.3 is 14.9 Å². The minimum absolute atomic E-state index is 0.0622. The fraction of sp³-hybridized carbons (Fsp3) is 0.565. The van der Waals surface area contributed by atoms with Gasteiger partial charge in [-0.1, -0.05) is 17.8 Å². The lowest BCUT2D eigenvalue weighted by Gasteiger charge is -2.42. The average molecular weight is 591 g/mol. The maximum Gasteiger partial charge on any atom is 0.451 e. The second-order valence-corrected chi connectivity index (χ2v) is 10.6. The summed E-state index contributed by atoms with van der Waals surface area (Å²) in [7, 11) is 0. The number of alkyl halides is 6. The lowest BCUT2D eigenvalue weighted by molar-refractivity contribution is -0.145. The van der Waals surface area contributed by atoms with E-state index < -0.39 is 29.2 Å². The highest BCUT2D eigenvalue weighted by Gasteiger charge is 2.40. The number of hydrogen-bond donors (Lipinski definition) is 1. The summed E-state index contributed by atoms with van der Waals surface area (Å²) in [6.07, 6.45) is -3.24. The summed E-state index contributed by atoms with van der Waals surface area (Å²) in [6, 6.07) is -0.547. The molecule has 1 N–H and O–H groups in total. The highest BCUT2D eigenvalue weighted by atomic mass is 32.1. The number of piperazine rings is 1. The maximum atomic E-state index is 13.6. The largest absolute Gasteiger partial charge is 0.451 e. The summed E-state index contributed by atoms with van der Waals surface area (Å²) in [5, 5.41) is 12.9. The number of thiazole rings is 1. The third kappa shape index (κ3) is 5.89. The second kappa shape index (κ2) is 10.9. The molecule has 0 bridgehead atoms. The van der Waals surface area contributed by atoms with Gasteiger partial charge in [-0.3, -0.25) is 4.79 Å². The molecule has 1 amide bonds. The van der Waals surface area contributed by atoms with Crippen molar-refractivity contribution < 1.29 is 36.2 Å². The van der Waals surface area contributed by atoms with E-state index in [4.69, 9.17) is 0 Å². The number of aliphatic hydroxyl groups excluding tert-OH is 1. The van der Waals surface area contributed by atoms with E-state index >= 15 is 0 Å². The monoisotopic (exact) mass is 590 g/mol. The minimum Gasteiger partial charge on any atom is -0.396 e. The van der Waals surface area contributed by atoms with E-state index in [0.29, 0.717) is 23.1 Å². The Balaban J connectivity index is 1.37. The number of anilines is 1. The smallest absolute Gasteiger partial charge is 0.396 e. The molecular weight excluding hydrogens is 566 g/mol. The summed E-state index contributed by atoms with van der Waals surface area (Å²) in [5.41, 5.74) is -0.319. The zero-order chi connectivity index (χ0) is 28.7. The van der Waals surface area contributed by atoms with Crippen LogP contribution in [0.15, 0.2) is 18.7 Å². The molecule has 216 valence electrons. The molecule has 2 aliphatic rings. The zero-order valence-corrected chi connectivity index (χ0v) is 21.7. The molecule has 0 radical (unpaired) electrons. The number of nitrogens with zero attached hydrogens (tertiary/aromatic N) is 8. The third-order valence-electron chi connectivity index (χ3n) is 6.90. The standard InChI is InChI=1S/C23H24F6N8O2S/c24-22(25,26)20-30-8-14(9-31-20)17-19(40-21(33-17)23(27,28)29)35-5-6-37(15(10-35)4-7-38)16(39)11-36-12-32-18(34-36)13-2-1-3-13/h8-9,12-13,15,38H,1-7,10-11H2. The van der Waals surface area contributed by atoms with Crippen LogP contribution >= 0.6 is 11.3 Å². The van der Waals surface area contributed by atoms with E-state index in [1.807, 2.05) is 0 Å². The first kappa shape index (κ1) is 28.2.